The summed E-state index contributed by atoms with van der Waals surface area (Å²) in [6, 6.07) is 11.3. The molecule has 1 fully saturated rings. The van der Waals surface area contributed by atoms with Crippen LogP contribution >= 0.6 is 0 Å². The molecule has 0 bridgehead atoms. The van der Waals surface area contributed by atoms with Crippen molar-refractivity contribution in [2.75, 3.05) is 6.54 Å². The third kappa shape index (κ3) is 3.22. The molecule has 1 aliphatic rings. The zero-order valence-corrected chi connectivity index (χ0v) is 10.0. The SMILES string of the molecule is N#CC1CCCN(C(=O)OCc2ccccc2)N1. The van der Waals surface area contributed by atoms with Gasteiger partial charge in [0, 0.05) is 6.54 Å². The van der Waals surface area contributed by atoms with Gasteiger partial charge in [-0.3, -0.25) is 0 Å². The Morgan fingerprint density at radius 1 is 1.50 bits per heavy atom. The van der Waals surface area contributed by atoms with Crippen LogP contribution in [0.1, 0.15) is 18.4 Å². The number of benzene rings is 1. The lowest BCUT2D eigenvalue weighted by atomic mass is 10.1. The molecule has 1 N–H and O–H groups in total. The minimum absolute atomic E-state index is 0.245. The van der Waals surface area contributed by atoms with E-state index >= 15 is 0 Å². The largest absolute Gasteiger partial charge is 0.444 e. The summed E-state index contributed by atoms with van der Waals surface area (Å²) < 4.78 is 5.18. The zero-order chi connectivity index (χ0) is 12.8. The van der Waals surface area contributed by atoms with Gasteiger partial charge in [0.15, 0.2) is 0 Å². The summed E-state index contributed by atoms with van der Waals surface area (Å²) in [5.74, 6) is 0. The first-order valence-electron chi connectivity index (χ1n) is 5.93. The van der Waals surface area contributed by atoms with Gasteiger partial charge >= 0.3 is 6.09 Å². The molecule has 1 amide bonds. The van der Waals surface area contributed by atoms with E-state index in [1.807, 2.05) is 30.3 Å². The van der Waals surface area contributed by atoms with Crippen molar-refractivity contribution >= 4 is 6.09 Å². The molecule has 0 saturated carbocycles. The molecule has 5 nitrogen and oxygen atoms in total. The molecule has 0 aliphatic carbocycles. The second-order valence-corrected chi connectivity index (χ2v) is 4.14. The van der Waals surface area contributed by atoms with Gasteiger partial charge in [-0.1, -0.05) is 30.3 Å². The highest BCUT2D eigenvalue weighted by molar-refractivity contribution is 5.67. The number of hydrogen-bond acceptors (Lipinski definition) is 4. The average molecular weight is 245 g/mol. The van der Waals surface area contributed by atoms with E-state index < -0.39 is 6.09 Å². The molecule has 1 atom stereocenters. The van der Waals surface area contributed by atoms with Gasteiger partial charge in [-0.05, 0) is 18.4 Å². The number of carbonyl (C=O) groups is 1. The standard InChI is InChI=1S/C13H15N3O2/c14-9-12-7-4-8-16(15-12)13(17)18-10-11-5-2-1-3-6-11/h1-3,5-6,12,15H,4,7-8,10H2. The quantitative estimate of drug-likeness (QED) is 0.863. The molecule has 1 aromatic carbocycles. The number of rotatable bonds is 2. The average Bonchev–Trinajstić information content (AvgIpc) is 2.46. The normalized spacial score (nSPS) is 19.1. The smallest absolute Gasteiger partial charge is 0.424 e. The lowest BCUT2D eigenvalue weighted by Gasteiger charge is -2.29. The molecule has 5 heteroatoms. The third-order valence-electron chi connectivity index (χ3n) is 2.77. The van der Waals surface area contributed by atoms with Crippen molar-refractivity contribution in [2.45, 2.75) is 25.5 Å². The molecule has 0 radical (unpaired) electrons. The van der Waals surface area contributed by atoms with E-state index in [4.69, 9.17) is 10.00 Å². The van der Waals surface area contributed by atoms with Gasteiger partial charge in [0.25, 0.3) is 0 Å². The van der Waals surface area contributed by atoms with Crippen molar-refractivity contribution < 1.29 is 9.53 Å². The van der Waals surface area contributed by atoms with Crippen molar-refractivity contribution in [3.05, 3.63) is 35.9 Å². The number of nitriles is 1. The Hall–Kier alpha value is -2.06. The van der Waals surface area contributed by atoms with E-state index in [2.05, 4.69) is 11.5 Å². The van der Waals surface area contributed by atoms with Gasteiger partial charge in [-0.15, -0.1) is 0 Å². The molecule has 1 saturated heterocycles. The van der Waals surface area contributed by atoms with Crippen LogP contribution in [0.5, 0.6) is 0 Å². The van der Waals surface area contributed by atoms with Crippen LogP contribution in [-0.2, 0) is 11.3 Å². The number of nitrogens with zero attached hydrogens (tertiary/aromatic N) is 2. The fourth-order valence-electron chi connectivity index (χ4n) is 1.81. The van der Waals surface area contributed by atoms with E-state index in [0.717, 1.165) is 18.4 Å². The van der Waals surface area contributed by atoms with Gasteiger partial charge in [-0.25, -0.2) is 15.2 Å². The molecule has 2 rings (SSSR count). The van der Waals surface area contributed by atoms with Gasteiger partial charge in [0.2, 0.25) is 0 Å². The van der Waals surface area contributed by atoms with Crippen LogP contribution in [0.15, 0.2) is 30.3 Å². The van der Waals surface area contributed by atoms with Crippen LogP contribution in [-0.4, -0.2) is 23.7 Å². The summed E-state index contributed by atoms with van der Waals surface area (Å²) in [5.41, 5.74) is 3.78. The maximum atomic E-state index is 11.8. The summed E-state index contributed by atoms with van der Waals surface area (Å²) in [4.78, 5) is 11.8. The summed E-state index contributed by atoms with van der Waals surface area (Å²) >= 11 is 0. The number of nitrogens with one attached hydrogen (secondary N) is 1. The van der Waals surface area contributed by atoms with E-state index in [9.17, 15) is 4.79 Å². The van der Waals surface area contributed by atoms with E-state index in [1.54, 1.807) is 0 Å². The molecule has 1 unspecified atom stereocenters. The molecule has 1 aliphatic heterocycles. The first-order chi connectivity index (χ1) is 8.79. The number of hydrogen-bond donors (Lipinski definition) is 1. The number of ether oxygens (including phenoxy) is 1. The van der Waals surface area contributed by atoms with Crippen LogP contribution in [0.4, 0.5) is 4.79 Å². The van der Waals surface area contributed by atoms with E-state index in [-0.39, 0.29) is 12.6 Å². The molecular weight excluding hydrogens is 230 g/mol. The fourth-order valence-corrected chi connectivity index (χ4v) is 1.81. The first-order valence-corrected chi connectivity index (χ1v) is 5.93. The molecule has 0 aromatic heterocycles. The Morgan fingerprint density at radius 2 is 2.28 bits per heavy atom. The van der Waals surface area contributed by atoms with Crippen molar-refractivity contribution in [2.24, 2.45) is 0 Å². The maximum Gasteiger partial charge on any atom is 0.424 e. The predicted molar refractivity (Wildman–Crippen MR) is 65.1 cm³/mol. The van der Waals surface area contributed by atoms with Crippen LogP contribution < -0.4 is 5.43 Å². The molecule has 1 heterocycles. The van der Waals surface area contributed by atoms with Crippen molar-refractivity contribution in [3.8, 4) is 6.07 Å². The first kappa shape index (κ1) is 12.4. The predicted octanol–water partition coefficient (Wildman–Crippen LogP) is 1.82. The Morgan fingerprint density at radius 3 is 3.00 bits per heavy atom. The van der Waals surface area contributed by atoms with Crippen LogP contribution in [0, 0.1) is 11.3 Å². The molecule has 0 spiro atoms. The summed E-state index contributed by atoms with van der Waals surface area (Å²) in [6.07, 6.45) is 1.14. The van der Waals surface area contributed by atoms with Crippen molar-refractivity contribution in [3.63, 3.8) is 0 Å². The lowest BCUT2D eigenvalue weighted by Crippen LogP contribution is -2.51. The number of amides is 1. The van der Waals surface area contributed by atoms with Gasteiger partial charge in [0.05, 0.1) is 6.07 Å². The minimum atomic E-state index is -0.432. The number of hydrazine groups is 1. The summed E-state index contributed by atoms with van der Waals surface area (Å²) in [7, 11) is 0. The maximum absolute atomic E-state index is 11.8. The Labute approximate surface area is 106 Å². The number of carbonyl (C=O) groups excluding carboxylic acids is 1. The summed E-state index contributed by atoms with van der Waals surface area (Å²) in [6.45, 7) is 0.820. The second kappa shape index (κ2) is 6.03. The van der Waals surface area contributed by atoms with Crippen LogP contribution in [0.25, 0.3) is 0 Å². The van der Waals surface area contributed by atoms with Crippen LogP contribution in [0.3, 0.4) is 0 Å². The highest BCUT2D eigenvalue weighted by Crippen LogP contribution is 2.09. The topological polar surface area (TPSA) is 65.4 Å². The van der Waals surface area contributed by atoms with Crippen molar-refractivity contribution in [1.29, 1.82) is 5.26 Å². The van der Waals surface area contributed by atoms with Crippen molar-refractivity contribution in [1.82, 2.24) is 10.4 Å². The highest BCUT2D eigenvalue weighted by atomic mass is 16.6. The van der Waals surface area contributed by atoms with E-state index in [1.165, 1.54) is 5.01 Å². The molecule has 94 valence electrons. The minimum Gasteiger partial charge on any atom is -0.444 e. The zero-order valence-electron chi connectivity index (χ0n) is 10.0. The fraction of sp³-hybridized carbons (Fsp3) is 0.385. The molecule has 18 heavy (non-hydrogen) atoms. The molecular formula is C13H15N3O2. The monoisotopic (exact) mass is 245 g/mol. The Balaban J connectivity index is 1.83. The highest BCUT2D eigenvalue weighted by Gasteiger charge is 2.23. The van der Waals surface area contributed by atoms with E-state index in [0.29, 0.717) is 6.54 Å². The van der Waals surface area contributed by atoms with Gasteiger partial charge in [0.1, 0.15) is 12.6 Å². The Bertz CT molecular complexity index is 441. The lowest BCUT2D eigenvalue weighted by molar-refractivity contribution is 0.0613. The van der Waals surface area contributed by atoms with Crippen LogP contribution in [0.2, 0.25) is 0 Å². The van der Waals surface area contributed by atoms with Gasteiger partial charge < -0.3 is 4.74 Å². The van der Waals surface area contributed by atoms with Gasteiger partial charge in [-0.2, -0.15) is 5.26 Å². The second-order valence-electron chi connectivity index (χ2n) is 4.14. The molecule has 1 aromatic rings. The summed E-state index contributed by atoms with van der Waals surface area (Å²) in [5, 5.41) is 10.2. The Kier molecular flexibility index (Phi) is 4.15. The third-order valence-corrected chi connectivity index (χ3v) is 2.77.